The summed E-state index contributed by atoms with van der Waals surface area (Å²) < 4.78 is 7.70. The summed E-state index contributed by atoms with van der Waals surface area (Å²) in [4.78, 5) is 0. The minimum atomic E-state index is -0.326. The molecular formula is C18H23NO2. The van der Waals surface area contributed by atoms with Gasteiger partial charge in [-0.05, 0) is 41.7 Å². The molecule has 0 saturated carbocycles. The van der Waals surface area contributed by atoms with Gasteiger partial charge in [0, 0.05) is 25.4 Å². The third-order valence-electron chi connectivity index (χ3n) is 4.13. The zero-order valence-electron chi connectivity index (χ0n) is 12.6. The topological polar surface area (TPSA) is 34.4 Å². The van der Waals surface area contributed by atoms with Crippen molar-refractivity contribution in [2.45, 2.75) is 45.3 Å². The second-order valence-corrected chi connectivity index (χ2v) is 5.78. The fraction of sp³-hybridized carbons (Fsp3) is 0.444. The van der Waals surface area contributed by atoms with Gasteiger partial charge in [0.05, 0.1) is 12.7 Å². The highest BCUT2D eigenvalue weighted by molar-refractivity contribution is 5.39. The van der Waals surface area contributed by atoms with Crippen molar-refractivity contribution in [2.75, 3.05) is 6.61 Å². The minimum Gasteiger partial charge on any atom is -0.493 e. The van der Waals surface area contributed by atoms with E-state index in [1.165, 1.54) is 11.1 Å². The molecule has 1 aromatic heterocycles. The lowest BCUT2D eigenvalue weighted by Gasteiger charge is -2.07. The number of nitrogens with zero attached hydrogens (tertiary/aromatic N) is 1. The minimum absolute atomic E-state index is 0.326. The largest absolute Gasteiger partial charge is 0.493 e. The molecule has 1 aliphatic rings. The lowest BCUT2D eigenvalue weighted by molar-refractivity contribution is 0.166. The normalized spacial score (nSPS) is 14.8. The Labute approximate surface area is 126 Å². The van der Waals surface area contributed by atoms with Gasteiger partial charge in [-0.25, -0.2) is 0 Å². The third-order valence-corrected chi connectivity index (χ3v) is 4.13. The number of aliphatic hydroxyl groups excluding tert-OH is 1. The van der Waals surface area contributed by atoms with Gasteiger partial charge in [0.15, 0.2) is 0 Å². The van der Waals surface area contributed by atoms with Gasteiger partial charge >= 0.3 is 0 Å². The summed E-state index contributed by atoms with van der Waals surface area (Å²) >= 11 is 0. The van der Waals surface area contributed by atoms with Gasteiger partial charge in [-0.15, -0.1) is 0 Å². The molecule has 0 saturated heterocycles. The number of aliphatic hydroxyl groups is 1. The van der Waals surface area contributed by atoms with Crippen molar-refractivity contribution in [3.63, 3.8) is 0 Å². The zero-order chi connectivity index (χ0) is 14.7. The van der Waals surface area contributed by atoms with E-state index in [0.29, 0.717) is 0 Å². The van der Waals surface area contributed by atoms with E-state index in [-0.39, 0.29) is 6.10 Å². The summed E-state index contributed by atoms with van der Waals surface area (Å²) in [6.45, 7) is 3.85. The van der Waals surface area contributed by atoms with Gasteiger partial charge < -0.3 is 14.4 Å². The Kier molecular flexibility index (Phi) is 4.30. The van der Waals surface area contributed by atoms with E-state index in [1.54, 1.807) is 0 Å². The number of rotatable bonds is 6. The maximum Gasteiger partial charge on any atom is 0.122 e. The van der Waals surface area contributed by atoms with E-state index in [4.69, 9.17) is 4.74 Å². The Morgan fingerprint density at radius 2 is 2.24 bits per heavy atom. The van der Waals surface area contributed by atoms with Crippen LogP contribution in [-0.2, 0) is 19.4 Å². The van der Waals surface area contributed by atoms with Crippen molar-refractivity contribution in [2.24, 2.45) is 0 Å². The standard InChI is InChI=1S/C18H23NO2/c1-2-3-17(20)16-7-10-19(13-16)9-6-14-4-5-18-15(12-14)8-11-21-18/h4-5,7,10,12-13,17,20H,2-3,6,8-9,11H2,1H3. The van der Waals surface area contributed by atoms with Crippen molar-refractivity contribution in [3.8, 4) is 5.75 Å². The summed E-state index contributed by atoms with van der Waals surface area (Å²) in [6.07, 6.45) is 7.67. The first-order chi connectivity index (χ1) is 10.3. The zero-order valence-corrected chi connectivity index (χ0v) is 12.6. The molecule has 2 heterocycles. The highest BCUT2D eigenvalue weighted by Gasteiger charge is 2.12. The molecule has 1 atom stereocenters. The molecule has 1 N–H and O–H groups in total. The van der Waals surface area contributed by atoms with Gasteiger partial charge in [-0.1, -0.05) is 25.5 Å². The van der Waals surface area contributed by atoms with E-state index in [9.17, 15) is 5.11 Å². The van der Waals surface area contributed by atoms with E-state index in [0.717, 1.165) is 50.1 Å². The van der Waals surface area contributed by atoms with Crippen LogP contribution in [0.3, 0.4) is 0 Å². The number of hydrogen-bond donors (Lipinski definition) is 1. The Morgan fingerprint density at radius 3 is 3.10 bits per heavy atom. The molecule has 1 unspecified atom stereocenters. The van der Waals surface area contributed by atoms with Crippen LogP contribution in [0.1, 0.15) is 42.6 Å². The number of benzene rings is 1. The van der Waals surface area contributed by atoms with Gasteiger partial charge in [-0.2, -0.15) is 0 Å². The van der Waals surface area contributed by atoms with Crippen LogP contribution in [-0.4, -0.2) is 16.3 Å². The fourth-order valence-electron chi connectivity index (χ4n) is 2.89. The first-order valence-corrected chi connectivity index (χ1v) is 7.84. The van der Waals surface area contributed by atoms with Crippen molar-refractivity contribution in [1.82, 2.24) is 4.57 Å². The first-order valence-electron chi connectivity index (χ1n) is 7.84. The molecule has 1 aromatic carbocycles. The quantitative estimate of drug-likeness (QED) is 0.881. The van der Waals surface area contributed by atoms with Crippen LogP contribution in [0.2, 0.25) is 0 Å². The van der Waals surface area contributed by atoms with Crippen molar-refractivity contribution in [1.29, 1.82) is 0 Å². The van der Waals surface area contributed by atoms with Crippen molar-refractivity contribution in [3.05, 3.63) is 53.3 Å². The number of aryl methyl sites for hydroxylation is 2. The Morgan fingerprint density at radius 1 is 1.33 bits per heavy atom. The third kappa shape index (κ3) is 3.30. The molecule has 21 heavy (non-hydrogen) atoms. The smallest absolute Gasteiger partial charge is 0.122 e. The summed E-state index contributed by atoms with van der Waals surface area (Å²) in [5.74, 6) is 1.05. The van der Waals surface area contributed by atoms with Crippen molar-refractivity contribution >= 4 is 0 Å². The molecule has 0 amide bonds. The molecule has 3 nitrogen and oxygen atoms in total. The van der Waals surface area contributed by atoms with E-state index < -0.39 is 0 Å². The van der Waals surface area contributed by atoms with Crippen molar-refractivity contribution < 1.29 is 9.84 Å². The monoisotopic (exact) mass is 285 g/mol. The van der Waals surface area contributed by atoms with Crippen LogP contribution < -0.4 is 4.74 Å². The van der Waals surface area contributed by atoms with E-state index in [2.05, 4.69) is 42.1 Å². The average molecular weight is 285 g/mol. The average Bonchev–Trinajstić information content (AvgIpc) is 3.14. The van der Waals surface area contributed by atoms with Crippen LogP contribution in [0.5, 0.6) is 5.75 Å². The SMILES string of the molecule is CCCC(O)c1ccn(CCc2ccc3c(c2)CCO3)c1. The summed E-state index contributed by atoms with van der Waals surface area (Å²) in [5.41, 5.74) is 3.71. The van der Waals surface area contributed by atoms with Crippen LogP contribution in [0, 0.1) is 0 Å². The summed E-state index contributed by atoms with van der Waals surface area (Å²) in [6, 6.07) is 8.53. The van der Waals surface area contributed by atoms with Gasteiger partial charge in [0.1, 0.15) is 5.75 Å². The van der Waals surface area contributed by atoms with Gasteiger partial charge in [-0.3, -0.25) is 0 Å². The molecular weight excluding hydrogens is 262 g/mol. The summed E-state index contributed by atoms with van der Waals surface area (Å²) in [5, 5.41) is 10.00. The fourth-order valence-corrected chi connectivity index (χ4v) is 2.89. The number of fused-ring (bicyclic) bond motifs is 1. The maximum absolute atomic E-state index is 10.00. The second-order valence-electron chi connectivity index (χ2n) is 5.78. The second kappa shape index (κ2) is 6.35. The molecule has 0 radical (unpaired) electrons. The molecule has 112 valence electrons. The molecule has 1 aliphatic heterocycles. The molecule has 3 heteroatoms. The Hall–Kier alpha value is -1.74. The molecule has 0 spiro atoms. The Balaban J connectivity index is 1.60. The highest BCUT2D eigenvalue weighted by Crippen LogP contribution is 2.26. The van der Waals surface area contributed by atoms with E-state index >= 15 is 0 Å². The molecule has 0 fully saturated rings. The van der Waals surface area contributed by atoms with Gasteiger partial charge in [0.25, 0.3) is 0 Å². The Bertz CT molecular complexity index is 603. The van der Waals surface area contributed by atoms with Crippen LogP contribution in [0.4, 0.5) is 0 Å². The molecule has 2 aromatic rings. The predicted octanol–water partition coefficient (Wildman–Crippen LogP) is 3.50. The molecule has 0 aliphatic carbocycles. The van der Waals surface area contributed by atoms with Crippen LogP contribution in [0.25, 0.3) is 0 Å². The maximum atomic E-state index is 10.00. The predicted molar refractivity (Wildman–Crippen MR) is 83.6 cm³/mol. The molecule has 0 bridgehead atoms. The van der Waals surface area contributed by atoms with E-state index in [1.807, 2.05) is 6.07 Å². The lowest BCUT2D eigenvalue weighted by atomic mass is 10.1. The number of hydrogen-bond acceptors (Lipinski definition) is 2. The molecule has 3 rings (SSSR count). The first kappa shape index (κ1) is 14.2. The van der Waals surface area contributed by atoms with Crippen LogP contribution >= 0.6 is 0 Å². The number of ether oxygens (including phenoxy) is 1. The number of aromatic nitrogens is 1. The highest BCUT2D eigenvalue weighted by atomic mass is 16.5. The summed E-state index contributed by atoms with van der Waals surface area (Å²) in [7, 11) is 0. The lowest BCUT2D eigenvalue weighted by Crippen LogP contribution is -2.00. The van der Waals surface area contributed by atoms with Crippen LogP contribution in [0.15, 0.2) is 36.7 Å². The van der Waals surface area contributed by atoms with Gasteiger partial charge in [0.2, 0.25) is 0 Å².